The standard InChI is InChI=1S/C49H31N5O/c55-48-46-37-26-14-16-28-43(37)54(49-50-40(32-17-5-1-6-18-32)30-41(51-49)33-19-7-2-8-20-33)47(46)39-29-38-36-25-13-15-27-42(36)52(34-21-9-3-10-22-34)44(38)31-45(39)53(48)35-23-11-4-12-24-35/h1-7,9-12,14-19,21-24,26-31H,13,25H2. The van der Waals surface area contributed by atoms with E-state index in [1.54, 1.807) is 0 Å². The van der Waals surface area contributed by atoms with E-state index < -0.39 is 0 Å². The molecule has 6 heteroatoms. The van der Waals surface area contributed by atoms with Crippen molar-refractivity contribution in [2.75, 3.05) is 0 Å². The fourth-order valence-corrected chi connectivity index (χ4v) is 8.40. The van der Waals surface area contributed by atoms with Gasteiger partial charge in [0.15, 0.2) is 0 Å². The molecule has 11 rings (SSSR count). The van der Waals surface area contributed by atoms with E-state index in [0.717, 1.165) is 79.6 Å². The third kappa shape index (κ3) is 4.80. The second kappa shape index (κ2) is 12.3. The van der Waals surface area contributed by atoms with Gasteiger partial charge >= 0.3 is 0 Å². The van der Waals surface area contributed by atoms with Crippen LogP contribution < -0.4 is 5.56 Å². The fraction of sp³-hybridized carbons (Fsp3) is 0.0408. The molecule has 0 N–H and O–H groups in total. The summed E-state index contributed by atoms with van der Waals surface area (Å²) < 4.78 is 6.32. The number of rotatable bonds is 5. The van der Waals surface area contributed by atoms with Gasteiger partial charge in [-0.15, -0.1) is 0 Å². The molecule has 10 aromatic rings. The van der Waals surface area contributed by atoms with Crippen LogP contribution in [0.25, 0.3) is 89.5 Å². The van der Waals surface area contributed by atoms with Crippen LogP contribution in [0.4, 0.5) is 0 Å². The van der Waals surface area contributed by atoms with Gasteiger partial charge in [0, 0.05) is 38.8 Å². The molecule has 0 radical (unpaired) electrons. The summed E-state index contributed by atoms with van der Waals surface area (Å²) in [6, 6.07) is 57.3. The zero-order chi connectivity index (χ0) is 36.5. The number of aromatic nitrogens is 5. The predicted octanol–water partition coefficient (Wildman–Crippen LogP) is 10.7. The molecule has 0 saturated heterocycles. The number of nitrogens with zero attached hydrogens (tertiary/aromatic N) is 5. The first-order valence-corrected chi connectivity index (χ1v) is 18.5. The van der Waals surface area contributed by atoms with E-state index in [2.05, 4.69) is 88.0 Å². The van der Waals surface area contributed by atoms with Crippen LogP contribution in [0.1, 0.15) is 17.7 Å². The molecule has 4 aromatic heterocycles. The van der Waals surface area contributed by atoms with Crippen molar-refractivity contribution < 1.29 is 0 Å². The lowest BCUT2D eigenvalue weighted by Crippen LogP contribution is -2.19. The highest BCUT2D eigenvalue weighted by Gasteiger charge is 2.26. The Hall–Kier alpha value is -7.49. The second-order valence-corrected chi connectivity index (χ2v) is 13.9. The van der Waals surface area contributed by atoms with Gasteiger partial charge in [-0.25, -0.2) is 9.97 Å². The summed E-state index contributed by atoms with van der Waals surface area (Å²) in [4.78, 5) is 25.9. The molecule has 0 fully saturated rings. The van der Waals surface area contributed by atoms with E-state index in [1.807, 2.05) is 102 Å². The van der Waals surface area contributed by atoms with Crippen LogP contribution in [0.2, 0.25) is 0 Å². The second-order valence-electron chi connectivity index (χ2n) is 13.9. The molecule has 0 amide bonds. The van der Waals surface area contributed by atoms with Crippen LogP contribution >= 0.6 is 0 Å². The molecular weight excluding hydrogens is 675 g/mol. The highest BCUT2D eigenvalue weighted by atomic mass is 16.1. The summed E-state index contributed by atoms with van der Waals surface area (Å²) in [5.74, 6) is 0.477. The van der Waals surface area contributed by atoms with Gasteiger partial charge < -0.3 is 4.57 Å². The fourth-order valence-electron chi connectivity index (χ4n) is 8.40. The van der Waals surface area contributed by atoms with Gasteiger partial charge in [-0.1, -0.05) is 109 Å². The lowest BCUT2D eigenvalue weighted by atomic mass is 9.99. The number of benzene rings is 5. The Bertz CT molecular complexity index is 3140. The minimum absolute atomic E-state index is 0.101. The Morgan fingerprint density at radius 3 is 2.04 bits per heavy atom. The van der Waals surface area contributed by atoms with Crippen LogP contribution in [0.3, 0.4) is 0 Å². The van der Waals surface area contributed by atoms with E-state index in [-0.39, 0.29) is 5.56 Å². The lowest BCUT2D eigenvalue weighted by molar-refractivity contribution is 0.967. The molecule has 1 aliphatic carbocycles. The van der Waals surface area contributed by atoms with Crippen LogP contribution in [0.5, 0.6) is 0 Å². The average molecular weight is 706 g/mol. The Kier molecular flexibility index (Phi) is 6.95. The number of para-hydroxylation sites is 3. The summed E-state index contributed by atoms with van der Waals surface area (Å²) in [6.07, 6.45) is 6.39. The van der Waals surface area contributed by atoms with Crippen LogP contribution in [0, 0.1) is 12.1 Å². The van der Waals surface area contributed by atoms with Gasteiger partial charge in [-0.3, -0.25) is 13.9 Å². The summed E-state index contributed by atoms with van der Waals surface area (Å²) >= 11 is 0. The lowest BCUT2D eigenvalue weighted by Gasteiger charge is -2.16. The van der Waals surface area contributed by atoms with Gasteiger partial charge in [-0.2, -0.15) is 0 Å². The quantitative estimate of drug-likeness (QED) is 0.179. The number of hydrogen-bond donors (Lipinski definition) is 0. The number of pyridine rings is 1. The Labute approximate surface area is 316 Å². The first-order valence-electron chi connectivity index (χ1n) is 18.5. The minimum Gasteiger partial charge on any atom is -0.310 e. The van der Waals surface area contributed by atoms with E-state index in [9.17, 15) is 0 Å². The highest BCUT2D eigenvalue weighted by Crippen LogP contribution is 2.41. The summed E-state index contributed by atoms with van der Waals surface area (Å²) in [5.41, 5.74) is 11.0. The maximum Gasteiger partial charge on any atom is 0.265 e. The Balaban J connectivity index is 1.34. The molecule has 0 unspecified atom stereocenters. The maximum atomic E-state index is 15.3. The van der Waals surface area contributed by atoms with Crippen molar-refractivity contribution in [1.82, 2.24) is 23.7 Å². The molecule has 0 bridgehead atoms. The van der Waals surface area contributed by atoms with Crippen LogP contribution in [0.15, 0.2) is 163 Å². The maximum absolute atomic E-state index is 15.3. The SMILES string of the molecule is O=c1c2c3ccccc3n(-c3nc(-c4c#cccc4)cc(-c4ccccc4)n3)c2c2cc3c4c(n(-c5ccccc5)c3cc2n1-c1ccccc1)C=CCC4. The largest absolute Gasteiger partial charge is 0.310 e. The molecule has 55 heavy (non-hydrogen) atoms. The van der Waals surface area contributed by atoms with Crippen LogP contribution in [-0.2, 0) is 6.42 Å². The van der Waals surface area contributed by atoms with E-state index in [1.165, 1.54) is 16.6 Å². The highest BCUT2D eigenvalue weighted by molar-refractivity contribution is 6.19. The third-order valence-electron chi connectivity index (χ3n) is 10.8. The molecule has 0 spiro atoms. The monoisotopic (exact) mass is 705 g/mol. The van der Waals surface area contributed by atoms with Crippen molar-refractivity contribution >= 4 is 49.7 Å². The van der Waals surface area contributed by atoms with Gasteiger partial charge in [0.05, 0.1) is 44.4 Å². The number of allylic oxidation sites excluding steroid dienone is 1. The van der Waals surface area contributed by atoms with E-state index in [0.29, 0.717) is 11.3 Å². The van der Waals surface area contributed by atoms with Crippen molar-refractivity contribution in [2.24, 2.45) is 0 Å². The first kappa shape index (κ1) is 31.1. The molecular formula is C49H31N5O. The Morgan fingerprint density at radius 1 is 0.582 bits per heavy atom. The molecule has 258 valence electrons. The molecule has 0 saturated carbocycles. The average Bonchev–Trinajstić information content (AvgIpc) is 3.78. The number of aryl methyl sites for hydroxylation is 1. The minimum atomic E-state index is -0.101. The molecule has 1 aliphatic rings. The molecule has 0 aliphatic heterocycles. The smallest absolute Gasteiger partial charge is 0.265 e. The first-order chi connectivity index (χ1) is 27.2. The summed E-state index contributed by atoms with van der Waals surface area (Å²) in [5, 5.41) is 3.58. The zero-order valence-corrected chi connectivity index (χ0v) is 29.6. The van der Waals surface area contributed by atoms with Crippen molar-refractivity contribution in [2.45, 2.75) is 12.8 Å². The number of hydrogen-bond acceptors (Lipinski definition) is 3. The van der Waals surface area contributed by atoms with Gasteiger partial charge in [0.1, 0.15) is 0 Å². The van der Waals surface area contributed by atoms with Crippen LogP contribution in [-0.4, -0.2) is 23.7 Å². The summed E-state index contributed by atoms with van der Waals surface area (Å²) in [7, 11) is 0. The summed E-state index contributed by atoms with van der Waals surface area (Å²) in [6.45, 7) is 0. The number of fused-ring (bicyclic) bond motifs is 8. The Morgan fingerprint density at radius 2 is 1.27 bits per heavy atom. The van der Waals surface area contributed by atoms with Crippen molar-refractivity contribution in [3.8, 4) is 39.8 Å². The molecule has 6 aromatic carbocycles. The van der Waals surface area contributed by atoms with E-state index in [4.69, 9.17) is 9.97 Å². The van der Waals surface area contributed by atoms with E-state index >= 15 is 4.79 Å². The molecule has 4 heterocycles. The van der Waals surface area contributed by atoms with Crippen molar-refractivity contribution in [3.63, 3.8) is 0 Å². The van der Waals surface area contributed by atoms with Gasteiger partial charge in [0.2, 0.25) is 5.95 Å². The van der Waals surface area contributed by atoms with Gasteiger partial charge in [0.25, 0.3) is 5.56 Å². The topological polar surface area (TPSA) is 57.6 Å². The predicted molar refractivity (Wildman–Crippen MR) is 222 cm³/mol. The molecule has 6 nitrogen and oxygen atoms in total. The van der Waals surface area contributed by atoms with Crippen molar-refractivity contribution in [3.05, 3.63) is 191 Å². The van der Waals surface area contributed by atoms with Crippen molar-refractivity contribution in [1.29, 1.82) is 0 Å². The third-order valence-corrected chi connectivity index (χ3v) is 10.8. The molecule has 0 atom stereocenters. The zero-order valence-electron chi connectivity index (χ0n) is 29.6. The van der Waals surface area contributed by atoms with Gasteiger partial charge in [-0.05, 0) is 85.1 Å². The normalized spacial score (nSPS) is 12.4.